The molecule has 0 amide bonds. The van der Waals surface area contributed by atoms with Crippen molar-refractivity contribution in [1.29, 1.82) is 0 Å². The summed E-state index contributed by atoms with van der Waals surface area (Å²) in [5.41, 5.74) is 4.00. The summed E-state index contributed by atoms with van der Waals surface area (Å²) >= 11 is 0. The highest BCUT2D eigenvalue weighted by molar-refractivity contribution is 6.61. The third kappa shape index (κ3) is 1.41. The predicted octanol–water partition coefficient (Wildman–Crippen LogP) is 1.18. The van der Waals surface area contributed by atoms with Crippen molar-refractivity contribution in [2.45, 2.75) is 13.5 Å². The van der Waals surface area contributed by atoms with Crippen LogP contribution in [0, 0.1) is 0 Å². The number of allylic oxidation sites excluding steroid dienone is 1. The normalized spacial score (nSPS) is 14.5. The number of hydrogen-bond acceptors (Lipinski definition) is 2. The lowest BCUT2D eigenvalue weighted by Gasteiger charge is -2.02. The van der Waals surface area contributed by atoms with E-state index in [0.29, 0.717) is 6.61 Å². The van der Waals surface area contributed by atoms with E-state index in [1.807, 2.05) is 25.1 Å². The Kier molecular flexibility index (Phi) is 1.98. The molecule has 0 saturated heterocycles. The van der Waals surface area contributed by atoms with Gasteiger partial charge in [0, 0.05) is 1.43 Å². The van der Waals surface area contributed by atoms with Crippen LogP contribution < -0.4 is 5.46 Å². The van der Waals surface area contributed by atoms with Gasteiger partial charge in [-0.25, -0.2) is 0 Å². The second-order valence-electron chi connectivity index (χ2n) is 3.36. The molecule has 0 spiro atoms. The van der Waals surface area contributed by atoms with Crippen LogP contribution in [0.1, 0.15) is 19.5 Å². The van der Waals surface area contributed by atoms with Gasteiger partial charge in [-0.15, -0.1) is 0 Å². The van der Waals surface area contributed by atoms with Gasteiger partial charge in [0.25, 0.3) is 0 Å². The van der Waals surface area contributed by atoms with Crippen LogP contribution in [0.4, 0.5) is 0 Å². The minimum Gasteiger partial charge on any atom is -0.423 e. The molecule has 0 unspecified atom stereocenters. The number of hydrogen-bond donors (Lipinski definition) is 1. The fraction of sp³-hybridized carbons (Fsp3) is 0.200. The Hall–Kier alpha value is -1.06. The van der Waals surface area contributed by atoms with Gasteiger partial charge in [-0.1, -0.05) is 30.4 Å². The molecule has 1 aromatic carbocycles. The maximum atomic E-state index is 9.44. The zero-order valence-electron chi connectivity index (χ0n) is 7.58. The first kappa shape index (κ1) is 8.54. The average Bonchev–Trinajstić information content (AvgIpc) is 2.47. The zero-order chi connectivity index (χ0) is 9.42. The van der Waals surface area contributed by atoms with Crippen LogP contribution in [0.25, 0.3) is 5.57 Å². The first-order chi connectivity index (χ1) is 6.18. The van der Waals surface area contributed by atoms with Crippen molar-refractivity contribution in [3.8, 4) is 0 Å². The molecule has 1 N–H and O–H groups in total. The van der Waals surface area contributed by atoms with E-state index in [1.54, 1.807) is 0 Å². The lowest BCUT2D eigenvalue weighted by Crippen LogP contribution is -2.28. The molecule has 0 atom stereocenters. The number of rotatable bonds is 1. The largest absolute Gasteiger partial charge is 0.491 e. The minimum absolute atomic E-state index is 0. The van der Waals surface area contributed by atoms with Gasteiger partial charge in [-0.2, -0.15) is 0 Å². The zero-order valence-corrected chi connectivity index (χ0v) is 7.58. The standard InChI is InChI=1S/C10H11BO2.H2/c1-7(2)8-3-4-9-6-13-11(12)10(9)5-8;/h3-5,12H,1,6H2,2H3;1H. The van der Waals surface area contributed by atoms with Crippen molar-refractivity contribution in [2.75, 3.05) is 0 Å². The minimum atomic E-state index is -0.755. The van der Waals surface area contributed by atoms with Crippen molar-refractivity contribution in [3.63, 3.8) is 0 Å². The second kappa shape index (κ2) is 3.02. The molecule has 1 aliphatic rings. The molecule has 2 nitrogen and oxygen atoms in total. The Balaban J connectivity index is 0.000000980. The van der Waals surface area contributed by atoms with Gasteiger partial charge in [-0.05, 0) is 23.5 Å². The van der Waals surface area contributed by atoms with E-state index in [2.05, 4.69) is 6.58 Å². The van der Waals surface area contributed by atoms with E-state index in [-0.39, 0.29) is 1.43 Å². The summed E-state index contributed by atoms with van der Waals surface area (Å²) in [4.78, 5) is 0. The summed E-state index contributed by atoms with van der Waals surface area (Å²) in [5, 5.41) is 9.44. The molecule has 1 heterocycles. The van der Waals surface area contributed by atoms with Crippen LogP contribution in [0.5, 0.6) is 0 Å². The summed E-state index contributed by atoms with van der Waals surface area (Å²) in [6.07, 6.45) is 0. The van der Waals surface area contributed by atoms with Crippen LogP contribution in [-0.2, 0) is 11.3 Å². The van der Waals surface area contributed by atoms with Gasteiger partial charge in [0.15, 0.2) is 0 Å². The van der Waals surface area contributed by atoms with Gasteiger partial charge in [0.05, 0.1) is 6.61 Å². The molecule has 1 aromatic rings. The van der Waals surface area contributed by atoms with Crippen molar-refractivity contribution in [2.24, 2.45) is 0 Å². The van der Waals surface area contributed by atoms with E-state index in [1.165, 1.54) is 0 Å². The summed E-state index contributed by atoms with van der Waals surface area (Å²) < 4.78 is 5.08. The molecule has 2 rings (SSSR count). The van der Waals surface area contributed by atoms with Crippen LogP contribution >= 0.6 is 0 Å². The monoisotopic (exact) mass is 176 g/mol. The van der Waals surface area contributed by atoms with Gasteiger partial charge >= 0.3 is 7.12 Å². The molecule has 68 valence electrons. The topological polar surface area (TPSA) is 29.5 Å². The van der Waals surface area contributed by atoms with E-state index in [0.717, 1.165) is 22.2 Å². The fourth-order valence-corrected chi connectivity index (χ4v) is 1.48. The van der Waals surface area contributed by atoms with E-state index < -0.39 is 7.12 Å². The molecule has 13 heavy (non-hydrogen) atoms. The van der Waals surface area contributed by atoms with Crippen LogP contribution in [0.3, 0.4) is 0 Å². The fourth-order valence-electron chi connectivity index (χ4n) is 1.48. The van der Waals surface area contributed by atoms with Crippen molar-refractivity contribution in [1.82, 2.24) is 0 Å². The quantitative estimate of drug-likeness (QED) is 0.651. The van der Waals surface area contributed by atoms with E-state index in [4.69, 9.17) is 4.65 Å². The SMILES string of the molecule is C=C(C)c1ccc2c(c1)B(O)OC2.[HH]. The number of fused-ring (bicyclic) bond motifs is 1. The van der Waals surface area contributed by atoms with Crippen LogP contribution in [0.2, 0.25) is 0 Å². The van der Waals surface area contributed by atoms with Gasteiger partial charge in [0.1, 0.15) is 0 Å². The molecule has 0 aromatic heterocycles. The molecule has 0 fully saturated rings. The predicted molar refractivity (Wildman–Crippen MR) is 55.7 cm³/mol. The molecule has 3 heteroatoms. The highest BCUT2D eigenvalue weighted by atomic mass is 16.5. The molecular formula is C10H13BO2. The summed E-state index contributed by atoms with van der Waals surface area (Å²) in [6, 6.07) is 5.92. The first-order valence-corrected chi connectivity index (χ1v) is 4.27. The Morgan fingerprint density at radius 2 is 2.46 bits per heavy atom. The summed E-state index contributed by atoms with van der Waals surface area (Å²) in [6.45, 7) is 6.31. The Bertz CT molecular complexity index is 365. The Morgan fingerprint density at radius 3 is 3.15 bits per heavy atom. The molecular weight excluding hydrogens is 163 g/mol. The van der Waals surface area contributed by atoms with Crippen LogP contribution in [0.15, 0.2) is 24.8 Å². The molecule has 0 bridgehead atoms. The van der Waals surface area contributed by atoms with Crippen molar-refractivity contribution in [3.05, 3.63) is 35.9 Å². The smallest absolute Gasteiger partial charge is 0.423 e. The molecule has 0 aliphatic carbocycles. The molecule has 0 saturated carbocycles. The van der Waals surface area contributed by atoms with E-state index in [9.17, 15) is 5.02 Å². The summed E-state index contributed by atoms with van der Waals surface area (Å²) in [7, 11) is -0.755. The van der Waals surface area contributed by atoms with Crippen molar-refractivity contribution >= 4 is 18.2 Å². The summed E-state index contributed by atoms with van der Waals surface area (Å²) in [5.74, 6) is 0. The maximum absolute atomic E-state index is 9.44. The highest BCUT2D eigenvalue weighted by Crippen LogP contribution is 2.15. The Labute approximate surface area is 79.5 Å². The molecule has 1 aliphatic heterocycles. The van der Waals surface area contributed by atoms with Crippen molar-refractivity contribution < 1.29 is 11.1 Å². The third-order valence-electron chi connectivity index (χ3n) is 2.30. The van der Waals surface area contributed by atoms with Gasteiger partial charge in [-0.3, -0.25) is 0 Å². The van der Waals surface area contributed by atoms with E-state index >= 15 is 0 Å². The van der Waals surface area contributed by atoms with Gasteiger partial charge in [0.2, 0.25) is 0 Å². The van der Waals surface area contributed by atoms with Gasteiger partial charge < -0.3 is 9.68 Å². The second-order valence-corrected chi connectivity index (χ2v) is 3.36. The first-order valence-electron chi connectivity index (χ1n) is 4.27. The Morgan fingerprint density at radius 1 is 1.69 bits per heavy atom. The lowest BCUT2D eigenvalue weighted by molar-refractivity contribution is 0.275. The lowest BCUT2D eigenvalue weighted by atomic mass is 9.78. The average molecular weight is 176 g/mol. The molecule has 0 radical (unpaired) electrons. The highest BCUT2D eigenvalue weighted by Gasteiger charge is 2.26. The number of benzene rings is 1. The van der Waals surface area contributed by atoms with Crippen LogP contribution in [-0.4, -0.2) is 12.1 Å². The third-order valence-corrected chi connectivity index (χ3v) is 2.30. The maximum Gasteiger partial charge on any atom is 0.491 e.